The van der Waals surface area contributed by atoms with Crippen LogP contribution >= 0.6 is 43.2 Å². The third kappa shape index (κ3) is 2.93. The summed E-state index contributed by atoms with van der Waals surface area (Å²) < 4.78 is 1.88. The molecule has 2 unspecified atom stereocenters. The average molecular weight is 401 g/mol. The number of halogens is 2. The van der Waals surface area contributed by atoms with Gasteiger partial charge < -0.3 is 5.32 Å². The molecule has 1 aromatic carbocycles. The van der Waals surface area contributed by atoms with E-state index in [1.54, 1.807) is 0 Å². The summed E-state index contributed by atoms with van der Waals surface area (Å²) in [6, 6.07) is 12.5. The van der Waals surface area contributed by atoms with Crippen LogP contribution in [-0.2, 0) is 0 Å². The highest BCUT2D eigenvalue weighted by molar-refractivity contribution is 9.13. The molecule has 0 aliphatic heterocycles. The van der Waals surface area contributed by atoms with E-state index in [9.17, 15) is 4.79 Å². The van der Waals surface area contributed by atoms with Gasteiger partial charge in [0.1, 0.15) is 0 Å². The number of rotatable bonds is 3. The second-order valence-corrected chi connectivity index (χ2v) is 7.79. The Morgan fingerprint density at radius 3 is 2.63 bits per heavy atom. The summed E-state index contributed by atoms with van der Waals surface area (Å²) in [4.78, 5) is 12.8. The molecular formula is C14H11Br2NOS. The van der Waals surface area contributed by atoms with Crippen molar-refractivity contribution in [2.45, 2.75) is 18.4 Å². The molecule has 1 amide bonds. The van der Waals surface area contributed by atoms with E-state index in [0.717, 1.165) is 19.6 Å². The number of hydrogen-bond donors (Lipinski definition) is 1. The van der Waals surface area contributed by atoms with E-state index >= 15 is 0 Å². The first kappa shape index (κ1) is 13.3. The van der Waals surface area contributed by atoms with Crippen LogP contribution in [0.2, 0.25) is 0 Å². The van der Waals surface area contributed by atoms with Gasteiger partial charge in [0.2, 0.25) is 0 Å². The third-order valence-electron chi connectivity index (χ3n) is 3.20. The predicted octanol–water partition coefficient (Wildman–Crippen LogP) is 4.56. The van der Waals surface area contributed by atoms with Gasteiger partial charge in [0.05, 0.1) is 8.66 Å². The summed E-state index contributed by atoms with van der Waals surface area (Å²) in [5.74, 6) is 0.483. The van der Waals surface area contributed by atoms with Crippen LogP contribution in [0.5, 0.6) is 0 Å². The molecule has 1 fully saturated rings. The Bertz CT molecular complexity index is 592. The number of carbonyl (C=O) groups excluding carboxylic acids is 1. The molecule has 2 atom stereocenters. The van der Waals surface area contributed by atoms with Crippen molar-refractivity contribution in [3.63, 3.8) is 0 Å². The van der Waals surface area contributed by atoms with Gasteiger partial charge in [-0.15, -0.1) is 11.3 Å². The van der Waals surface area contributed by atoms with Crippen LogP contribution in [0.3, 0.4) is 0 Å². The minimum atomic E-state index is 0.0137. The maximum atomic E-state index is 12.1. The highest BCUT2D eigenvalue weighted by atomic mass is 79.9. The first-order valence-electron chi connectivity index (χ1n) is 5.96. The quantitative estimate of drug-likeness (QED) is 0.803. The standard InChI is InChI=1S/C14H11Br2NOS/c15-10-7-12(19-13(10)16)14(18)17-11-6-9(11)8-4-2-1-3-5-8/h1-5,7,9,11H,6H2,(H,17,18). The zero-order valence-corrected chi connectivity index (χ0v) is 13.9. The number of benzene rings is 1. The van der Waals surface area contributed by atoms with Crippen LogP contribution < -0.4 is 5.32 Å². The van der Waals surface area contributed by atoms with Gasteiger partial charge in [0.25, 0.3) is 5.91 Å². The Balaban J connectivity index is 1.63. The number of hydrogen-bond acceptors (Lipinski definition) is 2. The topological polar surface area (TPSA) is 29.1 Å². The maximum absolute atomic E-state index is 12.1. The molecule has 1 aliphatic carbocycles. The lowest BCUT2D eigenvalue weighted by atomic mass is 10.1. The SMILES string of the molecule is O=C(NC1CC1c1ccccc1)c1cc(Br)c(Br)s1. The fourth-order valence-corrected chi connectivity index (χ4v) is 4.06. The van der Waals surface area contributed by atoms with Crippen LogP contribution in [0, 0.1) is 0 Å². The zero-order valence-electron chi connectivity index (χ0n) is 9.90. The zero-order chi connectivity index (χ0) is 13.4. The fourth-order valence-electron chi connectivity index (χ4n) is 2.12. The molecule has 1 aliphatic rings. The number of nitrogens with one attached hydrogen (secondary N) is 1. The Hall–Kier alpha value is -0.650. The normalized spacial score (nSPS) is 21.2. The van der Waals surface area contributed by atoms with E-state index in [1.807, 2.05) is 24.3 Å². The summed E-state index contributed by atoms with van der Waals surface area (Å²) in [7, 11) is 0. The predicted molar refractivity (Wildman–Crippen MR) is 84.8 cm³/mol. The van der Waals surface area contributed by atoms with Gasteiger partial charge >= 0.3 is 0 Å². The summed E-state index contributed by atoms with van der Waals surface area (Å²) in [5, 5.41) is 3.09. The van der Waals surface area contributed by atoms with E-state index in [1.165, 1.54) is 16.9 Å². The smallest absolute Gasteiger partial charge is 0.261 e. The lowest BCUT2D eigenvalue weighted by Gasteiger charge is -2.03. The summed E-state index contributed by atoms with van der Waals surface area (Å²) in [6.45, 7) is 0. The molecule has 1 aromatic heterocycles. The molecule has 1 N–H and O–H groups in total. The molecule has 19 heavy (non-hydrogen) atoms. The first-order chi connectivity index (χ1) is 9.15. The minimum absolute atomic E-state index is 0.0137. The molecule has 1 saturated carbocycles. The molecule has 1 heterocycles. The Labute approximate surface area is 132 Å². The monoisotopic (exact) mass is 399 g/mol. The van der Waals surface area contributed by atoms with Gasteiger partial charge in [-0.1, -0.05) is 30.3 Å². The van der Waals surface area contributed by atoms with Crippen molar-refractivity contribution in [3.8, 4) is 0 Å². The second-order valence-electron chi connectivity index (χ2n) is 4.57. The van der Waals surface area contributed by atoms with E-state index in [-0.39, 0.29) is 11.9 Å². The number of carbonyl (C=O) groups is 1. The molecule has 0 saturated heterocycles. The molecule has 2 nitrogen and oxygen atoms in total. The van der Waals surface area contributed by atoms with Gasteiger partial charge in [-0.25, -0.2) is 0 Å². The van der Waals surface area contributed by atoms with Gasteiger partial charge in [-0.05, 0) is 49.9 Å². The average Bonchev–Trinajstić information content (AvgIpc) is 3.09. The number of thiophene rings is 1. The Morgan fingerprint density at radius 1 is 1.26 bits per heavy atom. The van der Waals surface area contributed by atoms with E-state index < -0.39 is 0 Å². The van der Waals surface area contributed by atoms with Crippen LogP contribution in [0.15, 0.2) is 44.7 Å². The maximum Gasteiger partial charge on any atom is 0.261 e. The molecule has 98 valence electrons. The third-order valence-corrected chi connectivity index (χ3v) is 6.46. The Kier molecular flexibility index (Phi) is 3.78. The number of amides is 1. The van der Waals surface area contributed by atoms with Crippen molar-refractivity contribution in [1.29, 1.82) is 0 Å². The van der Waals surface area contributed by atoms with E-state index in [2.05, 4.69) is 49.3 Å². The van der Waals surface area contributed by atoms with Crippen LogP contribution in [0.1, 0.15) is 27.6 Å². The molecule has 5 heteroatoms. The van der Waals surface area contributed by atoms with Gasteiger partial charge in [0, 0.05) is 16.4 Å². The summed E-state index contributed by atoms with van der Waals surface area (Å²) >= 11 is 8.25. The molecule has 3 rings (SSSR count). The second kappa shape index (κ2) is 5.38. The van der Waals surface area contributed by atoms with E-state index in [0.29, 0.717) is 5.92 Å². The lowest BCUT2D eigenvalue weighted by molar-refractivity contribution is 0.0954. The molecule has 0 bridgehead atoms. The molecule has 2 aromatic rings. The Morgan fingerprint density at radius 2 is 2.00 bits per heavy atom. The highest BCUT2D eigenvalue weighted by Crippen LogP contribution is 2.41. The molecule has 0 radical (unpaired) electrons. The van der Waals surface area contributed by atoms with Gasteiger partial charge in [-0.3, -0.25) is 4.79 Å². The van der Waals surface area contributed by atoms with Crippen molar-refractivity contribution in [1.82, 2.24) is 5.32 Å². The van der Waals surface area contributed by atoms with Crippen LogP contribution in [0.4, 0.5) is 0 Å². The highest BCUT2D eigenvalue weighted by Gasteiger charge is 2.39. The van der Waals surface area contributed by atoms with Crippen molar-refractivity contribution < 1.29 is 4.79 Å². The fraction of sp³-hybridized carbons (Fsp3) is 0.214. The first-order valence-corrected chi connectivity index (χ1v) is 8.36. The summed E-state index contributed by atoms with van der Waals surface area (Å²) in [5.41, 5.74) is 1.31. The van der Waals surface area contributed by atoms with Crippen molar-refractivity contribution in [2.24, 2.45) is 0 Å². The van der Waals surface area contributed by atoms with Crippen LogP contribution in [0.25, 0.3) is 0 Å². The molecule has 0 spiro atoms. The van der Waals surface area contributed by atoms with Crippen molar-refractivity contribution in [2.75, 3.05) is 0 Å². The minimum Gasteiger partial charge on any atom is -0.348 e. The largest absolute Gasteiger partial charge is 0.348 e. The van der Waals surface area contributed by atoms with Gasteiger partial charge in [0.15, 0.2) is 0 Å². The van der Waals surface area contributed by atoms with Crippen molar-refractivity contribution >= 4 is 49.1 Å². The van der Waals surface area contributed by atoms with Gasteiger partial charge in [-0.2, -0.15) is 0 Å². The molecular weight excluding hydrogens is 390 g/mol. The summed E-state index contributed by atoms with van der Waals surface area (Å²) in [6.07, 6.45) is 1.03. The van der Waals surface area contributed by atoms with Crippen molar-refractivity contribution in [3.05, 3.63) is 55.1 Å². The van der Waals surface area contributed by atoms with E-state index in [4.69, 9.17) is 0 Å². The lowest BCUT2D eigenvalue weighted by Crippen LogP contribution is -2.25. The van der Waals surface area contributed by atoms with Crippen LogP contribution in [-0.4, -0.2) is 11.9 Å².